The molecule has 0 aliphatic heterocycles. The second-order valence-electron chi connectivity index (χ2n) is 3.66. The number of thiol groups is 2. The molecule has 0 radical (unpaired) electrons. The average Bonchev–Trinajstić information content (AvgIpc) is 2.04. The molecule has 0 aromatic rings. The van der Waals surface area contributed by atoms with E-state index < -0.39 is 0 Å². The molecule has 0 fully saturated rings. The van der Waals surface area contributed by atoms with Crippen LogP contribution in [0.15, 0.2) is 0 Å². The Kier molecular flexibility index (Phi) is 6.06. The molecular formula is C9H20S4. The molecule has 0 heterocycles. The van der Waals surface area contributed by atoms with Crippen molar-refractivity contribution in [3.8, 4) is 0 Å². The molecule has 0 amide bonds. The molecular weight excluding hydrogens is 236 g/mol. The van der Waals surface area contributed by atoms with E-state index in [4.69, 9.17) is 12.6 Å². The molecule has 0 saturated carbocycles. The molecule has 0 nitrogen and oxygen atoms in total. The zero-order valence-electron chi connectivity index (χ0n) is 9.00. The molecule has 0 aromatic heterocycles. The van der Waals surface area contributed by atoms with E-state index in [1.165, 1.54) is 0 Å². The van der Waals surface area contributed by atoms with Gasteiger partial charge < -0.3 is 0 Å². The van der Waals surface area contributed by atoms with Crippen LogP contribution in [0.4, 0.5) is 0 Å². The number of hydrogen-bond donors (Lipinski definition) is 2. The van der Waals surface area contributed by atoms with Gasteiger partial charge in [-0.1, -0.05) is 35.4 Å². The molecule has 13 heavy (non-hydrogen) atoms. The van der Waals surface area contributed by atoms with Gasteiger partial charge in [0.1, 0.15) is 0 Å². The van der Waals surface area contributed by atoms with Crippen LogP contribution >= 0.6 is 46.8 Å². The average molecular weight is 257 g/mol. The molecule has 0 bridgehead atoms. The van der Waals surface area contributed by atoms with Gasteiger partial charge in [0.25, 0.3) is 0 Å². The van der Waals surface area contributed by atoms with Gasteiger partial charge in [0.05, 0.1) is 0 Å². The Hall–Kier alpha value is 1.40. The van der Waals surface area contributed by atoms with Gasteiger partial charge in [-0.2, -0.15) is 25.3 Å². The molecule has 0 N–H and O–H groups in total. The highest BCUT2D eigenvalue weighted by Gasteiger charge is 2.43. The van der Waals surface area contributed by atoms with Crippen molar-refractivity contribution in [2.24, 2.45) is 0 Å². The predicted molar refractivity (Wildman–Crippen MR) is 75.6 cm³/mol. The Bertz CT molecular complexity index is 156. The normalized spacial score (nSPS) is 23.3. The molecule has 0 aromatic carbocycles. The Balaban J connectivity index is 4.72. The third kappa shape index (κ3) is 3.18. The lowest BCUT2D eigenvalue weighted by Crippen LogP contribution is -2.47. The molecule has 3 unspecified atom stereocenters. The number of hydrogen-bond acceptors (Lipinski definition) is 4. The Morgan fingerprint density at radius 1 is 1.38 bits per heavy atom. The first-order valence-electron chi connectivity index (χ1n) is 4.44. The zero-order chi connectivity index (χ0) is 10.7. The smallest absolute Gasteiger partial charge is 0.0384 e. The van der Waals surface area contributed by atoms with Crippen molar-refractivity contribution in [2.45, 2.75) is 48.9 Å². The van der Waals surface area contributed by atoms with E-state index in [-0.39, 0.29) is 9.49 Å². The third-order valence-electron chi connectivity index (χ3n) is 2.83. The summed E-state index contributed by atoms with van der Waals surface area (Å²) in [6.07, 6.45) is 3.23. The van der Waals surface area contributed by atoms with Crippen molar-refractivity contribution < 1.29 is 0 Å². The minimum atomic E-state index is -0.0431. The summed E-state index contributed by atoms with van der Waals surface area (Å²) in [6.45, 7) is 8.78. The summed E-state index contributed by atoms with van der Waals surface area (Å²) < 4.78 is 0.134. The topological polar surface area (TPSA) is 0 Å². The van der Waals surface area contributed by atoms with Crippen molar-refractivity contribution in [2.75, 3.05) is 6.26 Å². The van der Waals surface area contributed by atoms with Crippen LogP contribution in [-0.4, -0.2) is 21.0 Å². The highest BCUT2D eigenvalue weighted by molar-refractivity contribution is 8.77. The molecule has 3 atom stereocenters. The highest BCUT2D eigenvalue weighted by atomic mass is 33.1. The van der Waals surface area contributed by atoms with Crippen molar-refractivity contribution in [3.63, 3.8) is 0 Å². The third-order valence-corrected chi connectivity index (χ3v) is 7.43. The van der Waals surface area contributed by atoms with E-state index in [9.17, 15) is 0 Å². The lowest BCUT2D eigenvalue weighted by molar-refractivity contribution is 0.469. The van der Waals surface area contributed by atoms with E-state index >= 15 is 0 Å². The Morgan fingerprint density at radius 2 is 1.85 bits per heavy atom. The van der Waals surface area contributed by atoms with Crippen LogP contribution in [0.1, 0.15) is 34.1 Å². The maximum atomic E-state index is 4.77. The maximum absolute atomic E-state index is 4.77. The first-order chi connectivity index (χ1) is 5.81. The van der Waals surface area contributed by atoms with Gasteiger partial charge in [-0.05, 0) is 26.5 Å². The summed E-state index contributed by atoms with van der Waals surface area (Å²) in [7, 11) is 3.72. The molecule has 0 saturated heterocycles. The summed E-state index contributed by atoms with van der Waals surface area (Å²) in [6, 6.07) is 0. The second kappa shape index (κ2) is 5.47. The van der Waals surface area contributed by atoms with E-state index in [1.54, 1.807) is 0 Å². The van der Waals surface area contributed by atoms with Crippen molar-refractivity contribution >= 4 is 46.8 Å². The Morgan fingerprint density at radius 3 is 2.08 bits per heavy atom. The van der Waals surface area contributed by atoms with Gasteiger partial charge in [-0.25, -0.2) is 0 Å². The minimum absolute atomic E-state index is 0.0431. The van der Waals surface area contributed by atoms with Crippen LogP contribution in [0.5, 0.6) is 0 Å². The van der Waals surface area contributed by atoms with Crippen LogP contribution in [0.2, 0.25) is 0 Å². The quantitative estimate of drug-likeness (QED) is 0.559. The fraction of sp³-hybridized carbons (Fsp3) is 1.00. The van der Waals surface area contributed by atoms with Crippen LogP contribution in [0.3, 0.4) is 0 Å². The minimum Gasteiger partial charge on any atom is -0.175 e. The number of rotatable bonds is 5. The second-order valence-corrected chi connectivity index (χ2v) is 8.26. The first kappa shape index (κ1) is 14.4. The summed E-state index contributed by atoms with van der Waals surface area (Å²) in [4.78, 5) is 0. The monoisotopic (exact) mass is 256 g/mol. The van der Waals surface area contributed by atoms with E-state index in [0.29, 0.717) is 5.25 Å². The van der Waals surface area contributed by atoms with Crippen LogP contribution < -0.4 is 0 Å². The summed E-state index contributed by atoms with van der Waals surface area (Å²) in [5.41, 5.74) is 0. The lowest BCUT2D eigenvalue weighted by atomic mass is 9.88. The molecule has 4 heteroatoms. The maximum Gasteiger partial charge on any atom is 0.0384 e. The predicted octanol–water partition coefficient (Wildman–Crippen LogP) is 4.17. The highest BCUT2D eigenvalue weighted by Crippen LogP contribution is 2.49. The summed E-state index contributed by atoms with van der Waals surface area (Å²) >= 11 is 9.29. The molecule has 80 valence electrons. The first-order valence-corrected chi connectivity index (χ1v) is 7.96. The lowest BCUT2D eigenvalue weighted by Gasteiger charge is -2.44. The van der Waals surface area contributed by atoms with Gasteiger partial charge in [0.2, 0.25) is 0 Å². The van der Waals surface area contributed by atoms with E-state index in [2.05, 4.69) is 46.6 Å². The van der Waals surface area contributed by atoms with Crippen LogP contribution in [0, 0.1) is 0 Å². The van der Waals surface area contributed by atoms with E-state index in [0.717, 1.165) is 6.42 Å². The summed E-state index contributed by atoms with van der Waals surface area (Å²) in [5.74, 6) is 0. The van der Waals surface area contributed by atoms with Gasteiger partial charge in [0, 0.05) is 14.7 Å². The Labute approximate surface area is 102 Å². The van der Waals surface area contributed by atoms with Crippen LogP contribution in [0.25, 0.3) is 0 Å². The van der Waals surface area contributed by atoms with Gasteiger partial charge >= 0.3 is 0 Å². The van der Waals surface area contributed by atoms with Crippen molar-refractivity contribution in [1.82, 2.24) is 0 Å². The summed E-state index contributed by atoms with van der Waals surface area (Å²) in [5, 5.41) is 0.292. The standard InChI is InChI=1S/C9H20S4/c1-6-8(3,13-12-5)9(4,11)7(2)10/h7,10-11H,6H2,1-5H3. The van der Waals surface area contributed by atoms with Gasteiger partial charge in [-0.3, -0.25) is 0 Å². The molecule has 0 spiro atoms. The van der Waals surface area contributed by atoms with Gasteiger partial charge in [-0.15, -0.1) is 0 Å². The SMILES string of the molecule is CCC(C)(SSC)C(C)(S)C(C)S. The zero-order valence-corrected chi connectivity index (χ0v) is 12.4. The van der Waals surface area contributed by atoms with Gasteiger partial charge in [0.15, 0.2) is 0 Å². The fourth-order valence-electron chi connectivity index (χ4n) is 1.13. The molecule has 0 aliphatic carbocycles. The van der Waals surface area contributed by atoms with E-state index in [1.807, 2.05) is 21.6 Å². The van der Waals surface area contributed by atoms with Crippen molar-refractivity contribution in [3.05, 3.63) is 0 Å². The fourth-order valence-corrected chi connectivity index (χ4v) is 4.79. The van der Waals surface area contributed by atoms with Crippen LogP contribution in [-0.2, 0) is 0 Å². The molecule has 0 aliphatic rings. The molecule has 0 rings (SSSR count). The largest absolute Gasteiger partial charge is 0.175 e. The van der Waals surface area contributed by atoms with Crippen molar-refractivity contribution in [1.29, 1.82) is 0 Å².